The number of pyridine rings is 1. The molecule has 1 saturated heterocycles. The number of hydrogen-bond acceptors (Lipinski definition) is 5. The Kier molecular flexibility index (Phi) is 2.39. The van der Waals surface area contributed by atoms with Gasteiger partial charge in [0.15, 0.2) is 5.72 Å². The summed E-state index contributed by atoms with van der Waals surface area (Å²) in [4.78, 5) is 10.2. The summed E-state index contributed by atoms with van der Waals surface area (Å²) in [6, 6.07) is 4.15. The van der Waals surface area contributed by atoms with Crippen molar-refractivity contribution in [2.45, 2.75) is 37.8 Å². The zero-order valence-electron chi connectivity index (χ0n) is 11.8. The molecule has 3 heterocycles. The van der Waals surface area contributed by atoms with Gasteiger partial charge in [-0.2, -0.15) is 5.43 Å². The molecule has 3 saturated carbocycles. The highest BCUT2D eigenvalue weighted by atomic mass is 16.7. The van der Waals surface area contributed by atoms with E-state index in [1.165, 1.54) is 25.7 Å². The quantitative estimate of drug-likeness (QED) is 0.839. The summed E-state index contributed by atoms with van der Waals surface area (Å²) in [6.45, 7) is 0. The standard InChI is InChI=1S/C15H19N5O/c1-3-12-4-2-11(1)8-15(12)17-20(18-21-15)13-5-6-19-10-16-9-14(19)7-13/h5-7,9-12,17-18H,1-4,8H2. The summed E-state index contributed by atoms with van der Waals surface area (Å²) >= 11 is 0. The van der Waals surface area contributed by atoms with Crippen LogP contribution < -0.4 is 16.1 Å². The maximum absolute atomic E-state index is 6.02. The van der Waals surface area contributed by atoms with Gasteiger partial charge in [0.2, 0.25) is 0 Å². The maximum atomic E-state index is 6.02. The monoisotopic (exact) mass is 285 g/mol. The molecular weight excluding hydrogens is 266 g/mol. The molecule has 2 aromatic rings. The zero-order chi connectivity index (χ0) is 13.9. The first kappa shape index (κ1) is 12.0. The summed E-state index contributed by atoms with van der Waals surface area (Å²) in [6.07, 6.45) is 12.1. The van der Waals surface area contributed by atoms with Crippen LogP contribution in [-0.2, 0) is 4.84 Å². The molecule has 0 amide bonds. The van der Waals surface area contributed by atoms with E-state index < -0.39 is 0 Å². The Morgan fingerprint density at radius 2 is 2.19 bits per heavy atom. The normalized spacial score (nSPS) is 35.1. The van der Waals surface area contributed by atoms with Gasteiger partial charge in [-0.15, -0.1) is 0 Å². The summed E-state index contributed by atoms with van der Waals surface area (Å²) in [5.74, 6) is 1.42. The smallest absolute Gasteiger partial charge is 0.163 e. The summed E-state index contributed by atoms with van der Waals surface area (Å²) in [7, 11) is 0. The minimum Gasteiger partial charge on any atom is -0.306 e. The fourth-order valence-corrected chi connectivity index (χ4v) is 4.22. The van der Waals surface area contributed by atoms with Crippen LogP contribution >= 0.6 is 0 Å². The van der Waals surface area contributed by atoms with Crippen molar-refractivity contribution in [2.24, 2.45) is 11.8 Å². The molecule has 6 heteroatoms. The Morgan fingerprint density at radius 3 is 3.00 bits per heavy atom. The van der Waals surface area contributed by atoms with E-state index in [0.717, 1.165) is 23.5 Å². The number of hydrogen-bond donors (Lipinski definition) is 2. The zero-order valence-corrected chi connectivity index (χ0v) is 11.8. The Morgan fingerprint density at radius 1 is 1.29 bits per heavy atom. The van der Waals surface area contributed by atoms with Crippen molar-refractivity contribution in [1.82, 2.24) is 20.4 Å². The second-order valence-electron chi connectivity index (χ2n) is 6.56. The van der Waals surface area contributed by atoms with E-state index in [9.17, 15) is 0 Å². The number of nitrogens with one attached hydrogen (secondary N) is 2. The van der Waals surface area contributed by atoms with Crippen LogP contribution in [0.4, 0.5) is 5.69 Å². The van der Waals surface area contributed by atoms with Crippen molar-refractivity contribution < 1.29 is 4.84 Å². The van der Waals surface area contributed by atoms with E-state index in [-0.39, 0.29) is 5.72 Å². The van der Waals surface area contributed by atoms with E-state index in [1.54, 1.807) is 0 Å². The average Bonchev–Trinajstić information content (AvgIpc) is 3.15. The van der Waals surface area contributed by atoms with Gasteiger partial charge in [-0.25, -0.2) is 10.1 Å². The molecule has 1 aliphatic heterocycles. The molecule has 3 aliphatic carbocycles. The number of fused-ring (bicyclic) bond motifs is 3. The number of hydrazine groups is 2. The third kappa shape index (κ3) is 1.73. The molecule has 0 radical (unpaired) electrons. The van der Waals surface area contributed by atoms with E-state index in [2.05, 4.69) is 28.1 Å². The van der Waals surface area contributed by atoms with E-state index >= 15 is 0 Å². The molecule has 21 heavy (non-hydrogen) atoms. The first-order chi connectivity index (χ1) is 10.3. The highest BCUT2D eigenvalue weighted by Crippen LogP contribution is 2.49. The van der Waals surface area contributed by atoms with Gasteiger partial charge in [-0.3, -0.25) is 4.84 Å². The molecule has 6 rings (SSSR count). The molecule has 2 aromatic heterocycles. The lowest BCUT2D eigenvalue weighted by molar-refractivity contribution is -0.153. The number of nitrogens with zero attached hydrogens (tertiary/aromatic N) is 3. The summed E-state index contributed by atoms with van der Waals surface area (Å²) in [5.41, 5.74) is 8.55. The molecule has 4 fully saturated rings. The van der Waals surface area contributed by atoms with Gasteiger partial charge >= 0.3 is 0 Å². The van der Waals surface area contributed by atoms with Crippen LogP contribution in [0.25, 0.3) is 5.52 Å². The number of imidazole rings is 1. The first-order valence-electron chi connectivity index (χ1n) is 7.76. The van der Waals surface area contributed by atoms with Crippen LogP contribution in [0.1, 0.15) is 32.1 Å². The van der Waals surface area contributed by atoms with Crippen LogP contribution in [-0.4, -0.2) is 15.1 Å². The van der Waals surface area contributed by atoms with Gasteiger partial charge < -0.3 is 4.40 Å². The van der Waals surface area contributed by atoms with Crippen LogP contribution in [0, 0.1) is 11.8 Å². The molecular formula is C15H19N5O. The van der Waals surface area contributed by atoms with Crippen LogP contribution in [0.2, 0.25) is 0 Å². The van der Waals surface area contributed by atoms with Crippen molar-refractivity contribution in [3.8, 4) is 0 Å². The lowest BCUT2D eigenvalue weighted by atomic mass is 9.66. The predicted octanol–water partition coefficient (Wildman–Crippen LogP) is 2.00. The van der Waals surface area contributed by atoms with Crippen LogP contribution in [0.3, 0.4) is 0 Å². The van der Waals surface area contributed by atoms with E-state index in [0.29, 0.717) is 5.92 Å². The Bertz CT molecular complexity index is 678. The average molecular weight is 285 g/mol. The lowest BCUT2D eigenvalue weighted by Crippen LogP contribution is -2.57. The molecule has 110 valence electrons. The summed E-state index contributed by atoms with van der Waals surface area (Å²) in [5, 5.41) is 1.91. The summed E-state index contributed by atoms with van der Waals surface area (Å²) < 4.78 is 2.00. The Balaban J connectivity index is 1.44. The van der Waals surface area contributed by atoms with Crippen molar-refractivity contribution in [2.75, 3.05) is 5.12 Å². The lowest BCUT2D eigenvalue weighted by Gasteiger charge is -2.47. The Hall–Kier alpha value is -1.63. The number of rotatable bonds is 1. The van der Waals surface area contributed by atoms with Gasteiger partial charge in [-0.1, -0.05) is 5.59 Å². The molecule has 1 unspecified atom stereocenters. The van der Waals surface area contributed by atoms with Gasteiger partial charge in [-0.05, 0) is 50.2 Å². The molecule has 6 nitrogen and oxygen atoms in total. The van der Waals surface area contributed by atoms with Gasteiger partial charge in [0.1, 0.15) is 0 Å². The number of anilines is 1. The second kappa shape index (κ2) is 4.19. The molecule has 0 aromatic carbocycles. The molecule has 4 aliphatic rings. The van der Waals surface area contributed by atoms with Crippen molar-refractivity contribution in [1.29, 1.82) is 0 Å². The highest BCUT2D eigenvalue weighted by Gasteiger charge is 2.53. The van der Waals surface area contributed by atoms with Crippen molar-refractivity contribution >= 4 is 11.2 Å². The minimum atomic E-state index is -0.215. The maximum Gasteiger partial charge on any atom is 0.163 e. The highest BCUT2D eigenvalue weighted by molar-refractivity contribution is 5.58. The molecule has 1 spiro atoms. The van der Waals surface area contributed by atoms with E-state index in [4.69, 9.17) is 4.84 Å². The fraction of sp³-hybridized carbons (Fsp3) is 0.533. The third-order valence-electron chi connectivity index (χ3n) is 5.37. The molecule has 2 bridgehead atoms. The minimum absolute atomic E-state index is 0.215. The fourth-order valence-electron chi connectivity index (χ4n) is 4.22. The third-order valence-corrected chi connectivity index (χ3v) is 5.37. The molecule has 2 N–H and O–H groups in total. The van der Waals surface area contributed by atoms with Crippen molar-refractivity contribution in [3.63, 3.8) is 0 Å². The Labute approximate surface area is 123 Å². The predicted molar refractivity (Wildman–Crippen MR) is 77.8 cm³/mol. The van der Waals surface area contributed by atoms with Crippen LogP contribution in [0.15, 0.2) is 30.9 Å². The topological polar surface area (TPSA) is 53.8 Å². The van der Waals surface area contributed by atoms with Gasteiger partial charge in [0.05, 0.1) is 23.7 Å². The van der Waals surface area contributed by atoms with Gasteiger partial charge in [0, 0.05) is 12.1 Å². The first-order valence-corrected chi connectivity index (χ1v) is 7.76. The molecule has 1 atom stereocenters. The van der Waals surface area contributed by atoms with Gasteiger partial charge in [0.25, 0.3) is 0 Å². The van der Waals surface area contributed by atoms with E-state index in [1.807, 2.05) is 28.2 Å². The second-order valence-corrected chi connectivity index (χ2v) is 6.56. The largest absolute Gasteiger partial charge is 0.306 e. The number of aromatic nitrogens is 2. The van der Waals surface area contributed by atoms with Crippen molar-refractivity contribution in [3.05, 3.63) is 30.9 Å². The van der Waals surface area contributed by atoms with Crippen LogP contribution in [0.5, 0.6) is 0 Å². The SMILES string of the molecule is c1cn2cncc2cc1N1NOC2(CC3CCC2CC3)N1.